The lowest BCUT2D eigenvalue weighted by atomic mass is 9.99. The quantitative estimate of drug-likeness (QED) is 0.830. The van der Waals surface area contributed by atoms with Crippen molar-refractivity contribution in [3.05, 3.63) is 70.8 Å². The van der Waals surface area contributed by atoms with Gasteiger partial charge in [-0.1, -0.05) is 54.1 Å². The van der Waals surface area contributed by atoms with Crippen molar-refractivity contribution >= 4 is 5.97 Å². The van der Waals surface area contributed by atoms with Crippen molar-refractivity contribution < 1.29 is 9.53 Å². The summed E-state index contributed by atoms with van der Waals surface area (Å²) in [5.74, 6) is -0.251. The Morgan fingerprint density at radius 2 is 1.86 bits per heavy atom. The molecule has 0 spiro atoms. The van der Waals surface area contributed by atoms with Crippen molar-refractivity contribution in [1.82, 2.24) is 0 Å². The molecule has 22 heavy (non-hydrogen) atoms. The van der Waals surface area contributed by atoms with Crippen LogP contribution in [0.15, 0.2) is 48.5 Å². The molecule has 0 amide bonds. The molecule has 0 aliphatic rings. The van der Waals surface area contributed by atoms with Crippen molar-refractivity contribution in [1.29, 1.82) is 0 Å². The number of ether oxygens (including phenoxy) is 1. The Morgan fingerprint density at radius 3 is 2.50 bits per heavy atom. The topological polar surface area (TPSA) is 52.3 Å². The SMILES string of the molecule is CCOC(=O)C[C@H](N)c1ccc(Cc2cccc(C)c2)cc1. The molecule has 0 bridgehead atoms. The van der Waals surface area contributed by atoms with Gasteiger partial charge in [-0.15, -0.1) is 0 Å². The Morgan fingerprint density at radius 1 is 1.14 bits per heavy atom. The van der Waals surface area contributed by atoms with E-state index in [0.29, 0.717) is 6.61 Å². The van der Waals surface area contributed by atoms with Crippen LogP contribution in [0.2, 0.25) is 0 Å². The van der Waals surface area contributed by atoms with E-state index in [1.54, 1.807) is 6.92 Å². The number of carbonyl (C=O) groups excluding carboxylic acids is 1. The summed E-state index contributed by atoms with van der Waals surface area (Å²) in [4.78, 5) is 11.5. The van der Waals surface area contributed by atoms with E-state index >= 15 is 0 Å². The molecule has 0 radical (unpaired) electrons. The van der Waals surface area contributed by atoms with Crippen LogP contribution in [0.4, 0.5) is 0 Å². The number of hydrogen-bond donors (Lipinski definition) is 1. The molecule has 0 unspecified atom stereocenters. The van der Waals surface area contributed by atoms with Crippen LogP contribution < -0.4 is 5.73 Å². The van der Waals surface area contributed by atoms with Crippen LogP contribution in [0, 0.1) is 6.92 Å². The van der Waals surface area contributed by atoms with Crippen molar-refractivity contribution in [2.45, 2.75) is 32.7 Å². The molecule has 0 saturated heterocycles. The molecule has 0 heterocycles. The molecule has 0 aliphatic heterocycles. The van der Waals surface area contributed by atoms with E-state index in [0.717, 1.165) is 12.0 Å². The molecule has 3 heteroatoms. The van der Waals surface area contributed by atoms with Gasteiger partial charge in [-0.3, -0.25) is 4.79 Å². The number of nitrogens with two attached hydrogens (primary N) is 1. The summed E-state index contributed by atoms with van der Waals surface area (Å²) in [6, 6.07) is 16.3. The summed E-state index contributed by atoms with van der Waals surface area (Å²) in [7, 11) is 0. The van der Waals surface area contributed by atoms with Crippen LogP contribution in [0.5, 0.6) is 0 Å². The lowest BCUT2D eigenvalue weighted by Gasteiger charge is -2.12. The van der Waals surface area contributed by atoms with Gasteiger partial charge in [-0.05, 0) is 37.0 Å². The second-order valence-corrected chi connectivity index (χ2v) is 5.52. The number of rotatable bonds is 6. The van der Waals surface area contributed by atoms with Gasteiger partial charge >= 0.3 is 5.97 Å². The molecule has 2 rings (SSSR count). The molecule has 2 aromatic rings. The maximum absolute atomic E-state index is 11.5. The van der Waals surface area contributed by atoms with Crippen LogP contribution in [0.1, 0.15) is 41.6 Å². The molecule has 0 aliphatic carbocycles. The minimum absolute atomic E-state index is 0.213. The first kappa shape index (κ1) is 16.2. The summed E-state index contributed by atoms with van der Waals surface area (Å²) in [6.45, 7) is 4.28. The van der Waals surface area contributed by atoms with Gasteiger partial charge in [0, 0.05) is 6.04 Å². The molecular weight excluding hydrogens is 274 g/mol. The van der Waals surface area contributed by atoms with Crippen LogP contribution >= 0.6 is 0 Å². The van der Waals surface area contributed by atoms with E-state index in [-0.39, 0.29) is 18.4 Å². The highest BCUT2D eigenvalue weighted by Crippen LogP contribution is 2.17. The first-order chi connectivity index (χ1) is 10.6. The summed E-state index contributed by atoms with van der Waals surface area (Å²) < 4.78 is 4.93. The second-order valence-electron chi connectivity index (χ2n) is 5.52. The molecular formula is C19H23NO2. The van der Waals surface area contributed by atoms with E-state index in [9.17, 15) is 4.79 Å². The molecule has 3 nitrogen and oxygen atoms in total. The fraction of sp³-hybridized carbons (Fsp3) is 0.316. The van der Waals surface area contributed by atoms with Gasteiger partial charge in [0.2, 0.25) is 0 Å². The predicted molar refractivity (Wildman–Crippen MR) is 88.6 cm³/mol. The third kappa shape index (κ3) is 4.71. The van der Waals surface area contributed by atoms with Gasteiger partial charge in [0.05, 0.1) is 13.0 Å². The lowest BCUT2D eigenvalue weighted by Crippen LogP contribution is -2.17. The summed E-state index contributed by atoms with van der Waals surface area (Å²) in [5, 5.41) is 0. The monoisotopic (exact) mass is 297 g/mol. The molecule has 116 valence electrons. The fourth-order valence-corrected chi connectivity index (χ4v) is 2.46. The molecule has 0 aromatic heterocycles. The zero-order chi connectivity index (χ0) is 15.9. The van der Waals surface area contributed by atoms with Crippen LogP contribution in [0.3, 0.4) is 0 Å². The first-order valence-corrected chi connectivity index (χ1v) is 7.64. The van der Waals surface area contributed by atoms with E-state index in [1.807, 2.05) is 12.1 Å². The van der Waals surface area contributed by atoms with E-state index in [2.05, 4.69) is 43.3 Å². The van der Waals surface area contributed by atoms with E-state index in [1.165, 1.54) is 16.7 Å². The first-order valence-electron chi connectivity index (χ1n) is 7.64. The molecule has 1 atom stereocenters. The van der Waals surface area contributed by atoms with Crippen molar-refractivity contribution in [2.24, 2.45) is 5.73 Å². The Balaban J connectivity index is 1.99. The van der Waals surface area contributed by atoms with Gasteiger partial charge < -0.3 is 10.5 Å². The molecule has 0 fully saturated rings. The highest BCUT2D eigenvalue weighted by Gasteiger charge is 2.12. The Bertz CT molecular complexity index is 620. The number of benzene rings is 2. The van der Waals surface area contributed by atoms with Crippen molar-refractivity contribution in [3.63, 3.8) is 0 Å². The van der Waals surface area contributed by atoms with Crippen molar-refractivity contribution in [3.8, 4) is 0 Å². The molecule has 2 aromatic carbocycles. The average Bonchev–Trinajstić information content (AvgIpc) is 2.48. The van der Waals surface area contributed by atoms with Crippen LogP contribution in [0.25, 0.3) is 0 Å². The Labute approximate surface area is 132 Å². The van der Waals surface area contributed by atoms with Gasteiger partial charge in [-0.2, -0.15) is 0 Å². The number of esters is 1. The van der Waals surface area contributed by atoms with Crippen LogP contribution in [-0.4, -0.2) is 12.6 Å². The van der Waals surface area contributed by atoms with Gasteiger partial charge in [-0.25, -0.2) is 0 Å². The predicted octanol–water partition coefficient (Wildman–Crippen LogP) is 3.54. The molecule has 2 N–H and O–H groups in total. The van der Waals surface area contributed by atoms with Gasteiger partial charge in [0.15, 0.2) is 0 Å². The zero-order valence-corrected chi connectivity index (χ0v) is 13.2. The van der Waals surface area contributed by atoms with Gasteiger partial charge in [0.1, 0.15) is 0 Å². The minimum atomic E-state index is -0.313. The fourth-order valence-electron chi connectivity index (χ4n) is 2.46. The zero-order valence-electron chi connectivity index (χ0n) is 13.2. The van der Waals surface area contributed by atoms with Gasteiger partial charge in [0.25, 0.3) is 0 Å². The number of aryl methyl sites for hydroxylation is 1. The van der Waals surface area contributed by atoms with Crippen molar-refractivity contribution in [2.75, 3.05) is 6.61 Å². The Hall–Kier alpha value is -2.13. The second kappa shape index (κ2) is 7.76. The smallest absolute Gasteiger partial charge is 0.307 e. The number of hydrogen-bond acceptors (Lipinski definition) is 3. The van der Waals surface area contributed by atoms with E-state index < -0.39 is 0 Å². The molecule has 0 saturated carbocycles. The largest absolute Gasteiger partial charge is 0.466 e. The van der Waals surface area contributed by atoms with Crippen LogP contribution in [-0.2, 0) is 16.0 Å². The highest BCUT2D eigenvalue weighted by molar-refractivity contribution is 5.70. The average molecular weight is 297 g/mol. The maximum atomic E-state index is 11.5. The Kier molecular flexibility index (Phi) is 5.73. The third-order valence-corrected chi connectivity index (χ3v) is 3.59. The lowest BCUT2D eigenvalue weighted by molar-refractivity contribution is -0.143. The third-order valence-electron chi connectivity index (χ3n) is 3.59. The highest BCUT2D eigenvalue weighted by atomic mass is 16.5. The minimum Gasteiger partial charge on any atom is -0.466 e. The number of carbonyl (C=O) groups is 1. The standard InChI is InChI=1S/C19H23NO2/c1-3-22-19(21)13-18(20)17-9-7-15(8-10-17)12-16-6-4-5-14(2)11-16/h4-11,18H,3,12-13,20H2,1-2H3/t18-/m0/s1. The summed E-state index contributed by atoms with van der Waals surface area (Å²) in [6.07, 6.45) is 1.11. The maximum Gasteiger partial charge on any atom is 0.307 e. The normalized spacial score (nSPS) is 12.0. The van der Waals surface area contributed by atoms with E-state index in [4.69, 9.17) is 10.5 Å². The summed E-state index contributed by atoms with van der Waals surface area (Å²) >= 11 is 0. The summed E-state index contributed by atoms with van der Waals surface area (Å²) in [5.41, 5.74) is 10.8.